The zero-order valence-corrected chi connectivity index (χ0v) is 24.1. The number of nitrogens with zero attached hydrogens (tertiary/aromatic N) is 5. The normalized spacial score (nSPS) is 12.6. The molecule has 0 radical (unpaired) electrons. The van der Waals surface area contributed by atoms with Crippen LogP contribution in [0.2, 0.25) is 0 Å². The van der Waals surface area contributed by atoms with Gasteiger partial charge in [0.05, 0.1) is 13.1 Å². The summed E-state index contributed by atoms with van der Waals surface area (Å²) in [5.74, 6) is -0.0450. The van der Waals surface area contributed by atoms with Crippen LogP contribution in [0.5, 0.6) is 0 Å². The molecule has 1 N–H and O–H groups in total. The maximum Gasteiger partial charge on any atom is 0.437 e. The first kappa shape index (κ1) is 31.6. The average molecular weight is 565 g/mol. The molecule has 0 bridgehead atoms. The molecule has 3 aromatic rings. The molecule has 41 heavy (non-hydrogen) atoms. The molecule has 1 aliphatic heterocycles. The molecule has 1 aliphatic rings. The molecule has 0 atom stereocenters. The number of anilines is 1. The van der Waals surface area contributed by atoms with Gasteiger partial charge in [0, 0.05) is 44.5 Å². The van der Waals surface area contributed by atoms with Gasteiger partial charge in [-0.15, -0.1) is 5.10 Å². The summed E-state index contributed by atoms with van der Waals surface area (Å²) in [6.07, 6.45) is 1.93. The lowest BCUT2D eigenvalue weighted by atomic mass is 10.1. The first-order valence-electron chi connectivity index (χ1n) is 13.9. The van der Waals surface area contributed by atoms with Crippen molar-refractivity contribution >= 4 is 17.5 Å². The number of hydrazine groups is 1. The largest absolute Gasteiger partial charge is 0.437 e. The maximum atomic E-state index is 13.6. The Labute approximate surface area is 242 Å². The molecule has 10 nitrogen and oxygen atoms in total. The molecule has 222 valence electrons. The molecule has 0 spiro atoms. The summed E-state index contributed by atoms with van der Waals surface area (Å²) >= 11 is 0. The van der Waals surface area contributed by atoms with E-state index in [0.29, 0.717) is 43.3 Å². The third-order valence-electron chi connectivity index (χ3n) is 7.25. The highest BCUT2D eigenvalue weighted by Crippen LogP contribution is 2.28. The van der Waals surface area contributed by atoms with E-state index in [9.17, 15) is 14.4 Å². The molecule has 2 amide bonds. The fraction of sp³-hybridized carbons (Fsp3) is 0.484. The summed E-state index contributed by atoms with van der Waals surface area (Å²) in [6.45, 7) is 10.4. The van der Waals surface area contributed by atoms with Crippen LogP contribution in [0, 0.1) is 12.8 Å². The van der Waals surface area contributed by atoms with E-state index in [1.807, 2.05) is 49.2 Å². The molecule has 0 saturated carbocycles. The van der Waals surface area contributed by atoms with Gasteiger partial charge in [0.25, 0.3) is 5.91 Å². The Bertz CT molecular complexity index is 1370. The van der Waals surface area contributed by atoms with E-state index in [-0.39, 0.29) is 38.2 Å². The Balaban J connectivity index is 0.00000462. The van der Waals surface area contributed by atoms with E-state index in [1.54, 1.807) is 17.0 Å². The Kier molecular flexibility index (Phi) is 10.9. The Morgan fingerprint density at radius 2 is 1.78 bits per heavy atom. The number of hydrogen-bond donors (Lipinski definition) is 1. The van der Waals surface area contributed by atoms with E-state index in [0.717, 1.165) is 18.4 Å². The van der Waals surface area contributed by atoms with Gasteiger partial charge < -0.3 is 14.6 Å². The molecule has 0 fully saturated rings. The summed E-state index contributed by atoms with van der Waals surface area (Å²) in [5.41, 5.74) is 4.60. The molecule has 0 aliphatic carbocycles. The first-order chi connectivity index (χ1) is 19.2. The zero-order valence-electron chi connectivity index (χ0n) is 24.1. The molecule has 0 unspecified atom stereocenters. The Morgan fingerprint density at radius 1 is 1.10 bits per heavy atom. The summed E-state index contributed by atoms with van der Waals surface area (Å²) in [4.78, 5) is 40.5. The highest BCUT2D eigenvalue weighted by atomic mass is 16.4. The number of aromatic nitrogens is 2. The molecule has 10 heteroatoms. The predicted molar refractivity (Wildman–Crippen MR) is 161 cm³/mol. The molecular weight excluding hydrogens is 520 g/mol. The van der Waals surface area contributed by atoms with Gasteiger partial charge in [-0.25, -0.2) is 9.80 Å². The van der Waals surface area contributed by atoms with Crippen molar-refractivity contribution in [3.8, 4) is 11.5 Å². The number of amides is 2. The minimum absolute atomic E-state index is 0. The Hall–Kier alpha value is -3.92. The number of aryl methyl sites for hydroxylation is 2. The van der Waals surface area contributed by atoms with E-state index in [1.165, 1.54) is 15.8 Å². The van der Waals surface area contributed by atoms with Gasteiger partial charge in [-0.2, -0.15) is 4.68 Å². The van der Waals surface area contributed by atoms with Crippen molar-refractivity contribution in [2.75, 3.05) is 31.6 Å². The summed E-state index contributed by atoms with van der Waals surface area (Å²) < 4.78 is 6.62. The molecule has 0 saturated heterocycles. The van der Waals surface area contributed by atoms with Crippen LogP contribution >= 0.6 is 0 Å². The van der Waals surface area contributed by atoms with Crippen molar-refractivity contribution < 1.29 is 14.0 Å². The minimum atomic E-state index is -0.527. The van der Waals surface area contributed by atoms with Gasteiger partial charge >= 0.3 is 5.76 Å². The number of rotatable bonds is 12. The Morgan fingerprint density at radius 3 is 2.39 bits per heavy atom. The monoisotopic (exact) mass is 564 g/mol. The first-order valence-corrected chi connectivity index (χ1v) is 13.9. The SMILES string of the molecule is C.CCn1nc(-c2ccc(C)c(N(CC(=O)NCCCC(C)C)CC(=O)N(C)N3Cc4ccccc4C3)c2)oc1=O. The van der Waals surface area contributed by atoms with Crippen LogP contribution in [0.25, 0.3) is 11.5 Å². The molecule has 1 aromatic heterocycles. The number of carbonyl (C=O) groups excluding carboxylic acids is 2. The van der Waals surface area contributed by atoms with Crippen LogP contribution in [0.15, 0.2) is 51.7 Å². The van der Waals surface area contributed by atoms with Crippen molar-refractivity contribution in [3.05, 3.63) is 69.7 Å². The van der Waals surface area contributed by atoms with Crippen LogP contribution in [0.4, 0.5) is 5.69 Å². The molecule has 4 rings (SSSR count). The summed E-state index contributed by atoms with van der Waals surface area (Å²) in [6, 6.07) is 13.7. The fourth-order valence-corrected chi connectivity index (χ4v) is 4.85. The summed E-state index contributed by atoms with van der Waals surface area (Å²) in [7, 11) is 1.77. The van der Waals surface area contributed by atoms with Crippen LogP contribution in [-0.4, -0.2) is 58.3 Å². The number of hydrogen-bond acceptors (Lipinski definition) is 7. The number of benzene rings is 2. The van der Waals surface area contributed by atoms with Crippen molar-refractivity contribution in [1.82, 2.24) is 25.1 Å². The zero-order chi connectivity index (χ0) is 28.8. The van der Waals surface area contributed by atoms with Gasteiger partial charge in [-0.1, -0.05) is 51.6 Å². The van der Waals surface area contributed by atoms with Crippen LogP contribution in [0.3, 0.4) is 0 Å². The average Bonchev–Trinajstić information content (AvgIpc) is 3.53. The second-order valence-electron chi connectivity index (χ2n) is 10.7. The molecular formula is C31H44N6O4. The maximum absolute atomic E-state index is 13.6. The topological polar surface area (TPSA) is 104 Å². The smallest absolute Gasteiger partial charge is 0.388 e. The standard InChI is InChI=1S/C30H40N6O4.CH4/c1-6-36-30(39)40-29(32-36)23-14-13-22(4)26(16-23)34(19-27(37)31-15-9-10-21(2)3)20-28(38)33(5)35-17-24-11-7-8-12-25(24)18-35;/h7-8,11-14,16,21H,6,9-10,15,17-20H2,1-5H3,(H,31,37);1H4. The molecule has 2 heterocycles. The number of likely N-dealkylation sites (N-methyl/N-ethyl adjacent to an activating group) is 1. The van der Waals surface area contributed by atoms with Crippen molar-refractivity contribution in [2.45, 2.75) is 67.6 Å². The number of carbonyl (C=O) groups is 2. The summed E-state index contributed by atoms with van der Waals surface area (Å²) in [5, 5.41) is 10.9. The number of fused-ring (bicyclic) bond motifs is 1. The highest BCUT2D eigenvalue weighted by Gasteiger charge is 2.27. The minimum Gasteiger partial charge on any atom is -0.388 e. The molecule has 2 aromatic carbocycles. The van der Waals surface area contributed by atoms with Crippen molar-refractivity contribution in [1.29, 1.82) is 0 Å². The lowest BCUT2D eigenvalue weighted by molar-refractivity contribution is -0.145. The van der Waals surface area contributed by atoms with Crippen molar-refractivity contribution in [3.63, 3.8) is 0 Å². The van der Waals surface area contributed by atoms with Gasteiger partial charge in [0.1, 0.15) is 0 Å². The van der Waals surface area contributed by atoms with Gasteiger partial charge in [-0.05, 0) is 61.4 Å². The third-order valence-corrected chi connectivity index (χ3v) is 7.25. The van der Waals surface area contributed by atoms with E-state index >= 15 is 0 Å². The van der Waals surface area contributed by atoms with Crippen molar-refractivity contribution in [2.24, 2.45) is 5.92 Å². The lowest BCUT2D eigenvalue weighted by Crippen LogP contribution is -2.48. The quantitative estimate of drug-likeness (QED) is 0.329. The fourth-order valence-electron chi connectivity index (χ4n) is 4.85. The lowest BCUT2D eigenvalue weighted by Gasteiger charge is -2.32. The second-order valence-corrected chi connectivity index (χ2v) is 10.7. The third kappa shape index (κ3) is 7.85. The van der Waals surface area contributed by atoms with E-state index < -0.39 is 5.76 Å². The van der Waals surface area contributed by atoms with Crippen LogP contribution in [0.1, 0.15) is 57.7 Å². The number of nitrogens with one attached hydrogen (secondary N) is 1. The van der Waals surface area contributed by atoms with Gasteiger partial charge in [0.15, 0.2) is 0 Å². The predicted octanol–water partition coefficient (Wildman–Crippen LogP) is 4.22. The van der Waals surface area contributed by atoms with Gasteiger partial charge in [-0.3, -0.25) is 14.6 Å². The van der Waals surface area contributed by atoms with Gasteiger partial charge in [0.2, 0.25) is 11.8 Å². The van der Waals surface area contributed by atoms with E-state index in [2.05, 4.69) is 36.4 Å². The van der Waals surface area contributed by atoms with Crippen LogP contribution in [-0.2, 0) is 29.2 Å². The highest BCUT2D eigenvalue weighted by molar-refractivity contribution is 5.87. The van der Waals surface area contributed by atoms with E-state index in [4.69, 9.17) is 4.42 Å². The van der Waals surface area contributed by atoms with Crippen LogP contribution < -0.4 is 16.0 Å². The second kappa shape index (κ2) is 14.1.